The Morgan fingerprint density at radius 2 is 1.88 bits per heavy atom. The summed E-state index contributed by atoms with van der Waals surface area (Å²) in [7, 11) is 0. The molecule has 1 saturated heterocycles. The minimum absolute atomic E-state index is 0.0241. The van der Waals surface area contributed by atoms with Crippen molar-refractivity contribution in [3.63, 3.8) is 0 Å². The van der Waals surface area contributed by atoms with E-state index >= 15 is 0 Å². The third kappa shape index (κ3) is 5.93. The number of rotatable bonds is 6. The smallest absolute Gasteiger partial charge is 0.295 e. The fourth-order valence-corrected chi connectivity index (χ4v) is 3.71. The van der Waals surface area contributed by atoms with Crippen molar-refractivity contribution < 1.29 is 14.6 Å². The van der Waals surface area contributed by atoms with Gasteiger partial charge < -0.3 is 9.80 Å². The number of amides is 1. The zero-order valence-electron chi connectivity index (χ0n) is 14.0. The van der Waals surface area contributed by atoms with Crippen LogP contribution in [-0.2, 0) is 11.3 Å². The van der Waals surface area contributed by atoms with E-state index in [1.807, 2.05) is 29.6 Å². The molecular weight excluding hydrogens is 356 g/mol. The molecule has 2 aromatic rings. The van der Waals surface area contributed by atoms with Crippen molar-refractivity contribution in [2.75, 3.05) is 32.7 Å². The molecule has 0 radical (unpaired) electrons. The molecule has 0 bridgehead atoms. The number of hydrogen-bond acceptors (Lipinski definition) is 3. The van der Waals surface area contributed by atoms with E-state index in [4.69, 9.17) is 11.6 Å². The van der Waals surface area contributed by atoms with Gasteiger partial charge in [-0.2, -0.15) is 5.10 Å². The van der Waals surface area contributed by atoms with Crippen molar-refractivity contribution >= 4 is 35.1 Å². The Morgan fingerprint density at radius 3 is 2.56 bits per heavy atom. The van der Waals surface area contributed by atoms with Crippen molar-refractivity contribution in [3.05, 3.63) is 57.2 Å². The van der Waals surface area contributed by atoms with Gasteiger partial charge >= 0.3 is 0 Å². The van der Waals surface area contributed by atoms with Crippen LogP contribution in [0.1, 0.15) is 10.4 Å². The van der Waals surface area contributed by atoms with Crippen LogP contribution in [0.4, 0.5) is 0 Å². The van der Waals surface area contributed by atoms with Crippen LogP contribution in [0.2, 0.25) is 5.02 Å². The van der Waals surface area contributed by atoms with Gasteiger partial charge in [0.15, 0.2) is 6.54 Å². The number of halogens is 1. The lowest BCUT2D eigenvalue weighted by molar-refractivity contribution is -1.02. The minimum atomic E-state index is -0.0241. The number of nitrogens with zero attached hydrogens (tertiary/aromatic N) is 1. The van der Waals surface area contributed by atoms with E-state index < -0.39 is 0 Å². The van der Waals surface area contributed by atoms with E-state index in [9.17, 15) is 4.79 Å². The Kier molecular flexibility index (Phi) is 6.58. The van der Waals surface area contributed by atoms with Crippen LogP contribution in [0.5, 0.6) is 0 Å². The molecule has 25 heavy (non-hydrogen) atoms. The third-order valence-corrected chi connectivity index (χ3v) is 5.43. The molecule has 2 heterocycles. The predicted molar refractivity (Wildman–Crippen MR) is 101 cm³/mol. The van der Waals surface area contributed by atoms with Gasteiger partial charge in [0.25, 0.3) is 5.91 Å². The second-order valence-electron chi connectivity index (χ2n) is 6.29. The molecule has 0 saturated carbocycles. The lowest BCUT2D eigenvalue weighted by Gasteiger charge is -2.29. The summed E-state index contributed by atoms with van der Waals surface area (Å²) < 4.78 is 0. The van der Waals surface area contributed by atoms with Crippen LogP contribution < -0.4 is 15.2 Å². The molecule has 0 aliphatic carbocycles. The molecule has 3 rings (SSSR count). The first-order chi connectivity index (χ1) is 12.2. The number of carbonyl (C=O) groups is 1. The topological polar surface area (TPSA) is 50.3 Å². The Balaban J connectivity index is 1.37. The van der Waals surface area contributed by atoms with Gasteiger partial charge in [-0.25, -0.2) is 5.43 Å². The fraction of sp³-hybridized carbons (Fsp3) is 0.333. The largest absolute Gasteiger partial charge is 0.322 e. The van der Waals surface area contributed by atoms with Gasteiger partial charge in [-0.1, -0.05) is 29.8 Å². The molecule has 3 N–H and O–H groups in total. The molecular formula is C18H23ClN4OS+2. The summed E-state index contributed by atoms with van der Waals surface area (Å²) >= 11 is 7.53. The molecule has 1 fully saturated rings. The summed E-state index contributed by atoms with van der Waals surface area (Å²) in [4.78, 5) is 15.9. The van der Waals surface area contributed by atoms with Crippen LogP contribution >= 0.6 is 22.9 Å². The van der Waals surface area contributed by atoms with Crippen LogP contribution in [-0.4, -0.2) is 44.8 Å². The maximum absolute atomic E-state index is 12.0. The Labute approximate surface area is 156 Å². The first-order valence-electron chi connectivity index (χ1n) is 8.46. The molecule has 1 aliphatic heterocycles. The summed E-state index contributed by atoms with van der Waals surface area (Å²) in [5.41, 5.74) is 3.93. The molecule has 1 aromatic carbocycles. The normalized spacial score (nSPS) is 20.7. The SMILES string of the molecule is O=C(C[NH+]1CC[NH+](Cc2ccc(Cl)cc2)CC1)N/N=C\c1cccs1. The lowest BCUT2D eigenvalue weighted by atomic mass is 10.2. The van der Waals surface area contributed by atoms with E-state index in [2.05, 4.69) is 22.7 Å². The van der Waals surface area contributed by atoms with Crippen molar-refractivity contribution in [3.8, 4) is 0 Å². The molecule has 1 aliphatic rings. The molecule has 132 valence electrons. The lowest BCUT2D eigenvalue weighted by Crippen LogP contribution is -3.28. The second kappa shape index (κ2) is 9.10. The highest BCUT2D eigenvalue weighted by Gasteiger charge is 2.24. The van der Waals surface area contributed by atoms with Gasteiger partial charge in [0, 0.05) is 15.5 Å². The van der Waals surface area contributed by atoms with E-state index in [1.165, 1.54) is 10.5 Å². The quantitative estimate of drug-likeness (QED) is 0.474. The number of nitrogens with one attached hydrogen (secondary N) is 3. The van der Waals surface area contributed by atoms with Crippen molar-refractivity contribution in [2.45, 2.75) is 6.54 Å². The van der Waals surface area contributed by atoms with Gasteiger partial charge in [-0.15, -0.1) is 11.3 Å². The van der Waals surface area contributed by atoms with Crippen molar-refractivity contribution in [2.24, 2.45) is 5.10 Å². The molecule has 0 spiro atoms. The van der Waals surface area contributed by atoms with Gasteiger partial charge in [0.05, 0.1) is 6.21 Å². The van der Waals surface area contributed by atoms with Crippen molar-refractivity contribution in [1.82, 2.24) is 5.43 Å². The Morgan fingerprint density at radius 1 is 1.16 bits per heavy atom. The number of thiophene rings is 1. The molecule has 7 heteroatoms. The number of piperazine rings is 1. The first-order valence-corrected chi connectivity index (χ1v) is 9.72. The summed E-state index contributed by atoms with van der Waals surface area (Å²) in [6.45, 7) is 5.65. The monoisotopic (exact) mass is 378 g/mol. The standard InChI is InChI=1S/C18H21ClN4OS/c19-16-5-3-15(4-6-16)13-22-7-9-23(10-8-22)14-18(24)21-20-12-17-2-1-11-25-17/h1-6,11-12H,7-10,13-14H2,(H,21,24)/p+2/b20-12-. The summed E-state index contributed by atoms with van der Waals surface area (Å²) in [5, 5.41) is 6.78. The highest BCUT2D eigenvalue weighted by Crippen LogP contribution is 2.08. The molecule has 0 atom stereocenters. The zero-order chi connectivity index (χ0) is 17.5. The highest BCUT2D eigenvalue weighted by molar-refractivity contribution is 7.11. The maximum atomic E-state index is 12.0. The molecule has 0 unspecified atom stereocenters. The number of quaternary nitrogens is 2. The van der Waals surface area contributed by atoms with Gasteiger partial charge in [0.1, 0.15) is 32.7 Å². The summed E-state index contributed by atoms with van der Waals surface area (Å²) in [6, 6.07) is 12.0. The predicted octanol–water partition coefficient (Wildman–Crippen LogP) is -0.165. The second-order valence-corrected chi connectivity index (χ2v) is 7.70. The third-order valence-electron chi connectivity index (χ3n) is 4.37. The number of hydrogen-bond donors (Lipinski definition) is 3. The van der Waals surface area contributed by atoms with Gasteiger partial charge in [-0.3, -0.25) is 4.79 Å². The number of carbonyl (C=O) groups excluding carboxylic acids is 1. The highest BCUT2D eigenvalue weighted by atomic mass is 35.5. The molecule has 1 aromatic heterocycles. The van der Waals surface area contributed by atoms with Crippen LogP contribution in [0.15, 0.2) is 46.9 Å². The summed E-state index contributed by atoms with van der Waals surface area (Å²) in [5.74, 6) is -0.0241. The van der Waals surface area contributed by atoms with Gasteiger partial charge in [-0.05, 0) is 23.6 Å². The average molecular weight is 379 g/mol. The van der Waals surface area contributed by atoms with E-state index in [0.29, 0.717) is 6.54 Å². The maximum Gasteiger partial charge on any atom is 0.295 e. The van der Waals surface area contributed by atoms with Crippen LogP contribution in [0, 0.1) is 0 Å². The Hall–Kier alpha value is -1.73. The van der Waals surface area contributed by atoms with Crippen LogP contribution in [0.3, 0.4) is 0 Å². The number of benzene rings is 1. The van der Waals surface area contributed by atoms with E-state index in [-0.39, 0.29) is 5.91 Å². The van der Waals surface area contributed by atoms with Crippen molar-refractivity contribution in [1.29, 1.82) is 0 Å². The zero-order valence-corrected chi connectivity index (χ0v) is 15.6. The molecule has 5 nitrogen and oxygen atoms in total. The number of hydrazone groups is 1. The van der Waals surface area contributed by atoms with Crippen LogP contribution in [0.25, 0.3) is 0 Å². The minimum Gasteiger partial charge on any atom is -0.322 e. The average Bonchev–Trinajstić information content (AvgIpc) is 3.12. The fourth-order valence-electron chi connectivity index (χ4n) is 3.00. The summed E-state index contributed by atoms with van der Waals surface area (Å²) in [6.07, 6.45) is 1.69. The molecule has 1 amide bonds. The van der Waals surface area contributed by atoms with E-state index in [0.717, 1.165) is 42.6 Å². The van der Waals surface area contributed by atoms with E-state index in [1.54, 1.807) is 22.5 Å². The first kappa shape index (κ1) is 18.1. The van der Waals surface area contributed by atoms with Gasteiger partial charge in [0.2, 0.25) is 0 Å². The Bertz CT molecular complexity index is 694.